The van der Waals surface area contributed by atoms with Crippen LogP contribution >= 0.6 is 0 Å². The first-order chi connectivity index (χ1) is 17.4. The van der Waals surface area contributed by atoms with Crippen molar-refractivity contribution >= 4 is 28.8 Å². The monoisotopic (exact) mass is 483 g/mol. The molecule has 5 rings (SSSR count). The second-order valence-electron chi connectivity index (χ2n) is 9.36. The Kier molecular flexibility index (Phi) is 6.39. The number of anilines is 2. The van der Waals surface area contributed by atoms with E-state index in [9.17, 15) is 9.59 Å². The first-order valence-corrected chi connectivity index (χ1v) is 12.1. The highest BCUT2D eigenvalue weighted by molar-refractivity contribution is 6.26. The second kappa shape index (κ2) is 9.79. The second-order valence-corrected chi connectivity index (χ2v) is 9.36. The number of nitrogens with two attached hydrogens (primary N) is 3. The molecule has 1 atom stereocenters. The number of aromatic nitrogens is 2. The number of hydrogen-bond acceptors (Lipinski definition) is 7. The Balaban J connectivity index is 1.37. The molecule has 1 unspecified atom stereocenters. The molecule has 0 spiro atoms. The van der Waals surface area contributed by atoms with Crippen molar-refractivity contribution in [2.24, 2.45) is 11.5 Å². The summed E-state index contributed by atoms with van der Waals surface area (Å²) in [5.41, 5.74) is 23.9. The lowest BCUT2D eigenvalue weighted by molar-refractivity contribution is -0.111. The minimum Gasteiger partial charge on any atom is -0.401 e. The highest BCUT2D eigenvalue weighted by Gasteiger charge is 2.28. The van der Waals surface area contributed by atoms with Gasteiger partial charge in [0.25, 0.3) is 11.8 Å². The Labute approximate surface area is 209 Å². The summed E-state index contributed by atoms with van der Waals surface area (Å²) in [5.74, 6) is -0.570. The summed E-state index contributed by atoms with van der Waals surface area (Å²) in [6, 6.07) is 10.7. The lowest BCUT2D eigenvalue weighted by Gasteiger charge is -2.26. The van der Waals surface area contributed by atoms with Crippen molar-refractivity contribution in [3.8, 4) is 11.1 Å². The molecule has 2 heterocycles. The van der Waals surface area contributed by atoms with Gasteiger partial charge in [-0.1, -0.05) is 25.0 Å². The van der Waals surface area contributed by atoms with Gasteiger partial charge < -0.3 is 27.8 Å². The number of nitrogens with one attached hydrogen (secondary N) is 2. The molecule has 2 amide bonds. The number of amides is 2. The van der Waals surface area contributed by atoms with E-state index in [4.69, 9.17) is 17.2 Å². The summed E-state index contributed by atoms with van der Waals surface area (Å²) in [6.07, 6.45) is 9.39. The van der Waals surface area contributed by atoms with Gasteiger partial charge in [0.1, 0.15) is 5.69 Å². The van der Waals surface area contributed by atoms with Crippen LogP contribution in [0.25, 0.3) is 16.7 Å². The van der Waals surface area contributed by atoms with Crippen LogP contribution in [-0.2, 0) is 4.79 Å². The SMILES string of the molecule is NC1=C(C(=O)Nc2ccc(C(=O)NC3CCCC3)nc2)c2cc(-c3cncc(N)c3)ccc2C(N)C1. The van der Waals surface area contributed by atoms with Crippen molar-refractivity contribution in [3.05, 3.63) is 77.5 Å². The predicted octanol–water partition coefficient (Wildman–Crippen LogP) is 3.11. The molecule has 0 saturated heterocycles. The van der Waals surface area contributed by atoms with Gasteiger partial charge in [0.2, 0.25) is 0 Å². The minimum absolute atomic E-state index is 0.203. The Bertz CT molecular complexity index is 1340. The van der Waals surface area contributed by atoms with Gasteiger partial charge in [-0.3, -0.25) is 14.6 Å². The van der Waals surface area contributed by atoms with Gasteiger partial charge in [-0.25, -0.2) is 4.98 Å². The zero-order valence-electron chi connectivity index (χ0n) is 19.8. The van der Waals surface area contributed by atoms with E-state index in [1.807, 2.05) is 24.3 Å². The first kappa shape index (κ1) is 23.5. The molecular formula is C27H29N7O2. The van der Waals surface area contributed by atoms with Crippen LogP contribution in [0.15, 0.2) is 60.7 Å². The van der Waals surface area contributed by atoms with E-state index in [1.54, 1.807) is 24.5 Å². The van der Waals surface area contributed by atoms with Crippen LogP contribution in [0.5, 0.6) is 0 Å². The summed E-state index contributed by atoms with van der Waals surface area (Å²) in [6.45, 7) is 0. The fourth-order valence-electron chi connectivity index (χ4n) is 4.91. The molecule has 2 aliphatic rings. The highest BCUT2D eigenvalue weighted by atomic mass is 16.2. The molecule has 2 aromatic heterocycles. The van der Waals surface area contributed by atoms with Crippen LogP contribution in [0.1, 0.15) is 59.8 Å². The fourth-order valence-corrected chi connectivity index (χ4v) is 4.91. The molecule has 3 aromatic rings. The largest absolute Gasteiger partial charge is 0.401 e. The third-order valence-corrected chi connectivity index (χ3v) is 6.75. The van der Waals surface area contributed by atoms with E-state index in [0.29, 0.717) is 40.3 Å². The number of benzene rings is 1. The topological polar surface area (TPSA) is 162 Å². The van der Waals surface area contributed by atoms with Gasteiger partial charge in [-0.05, 0) is 53.8 Å². The number of nitrogen functional groups attached to an aromatic ring is 1. The summed E-state index contributed by atoms with van der Waals surface area (Å²) in [5, 5.41) is 5.87. The standard InChI is InChI=1S/C27H29N7O2/c28-17-9-16(12-31-13-17)15-5-7-20-21(10-15)25(23(30)11-22(20)29)27(36)34-19-6-8-24(32-14-19)26(35)33-18-3-1-2-4-18/h5-10,12-14,18,22H,1-4,11,28-30H2,(H,33,35)(H,34,36). The summed E-state index contributed by atoms with van der Waals surface area (Å²) in [4.78, 5) is 34.2. The fraction of sp³-hybridized carbons (Fsp3) is 0.259. The molecule has 9 heteroatoms. The zero-order chi connectivity index (χ0) is 25.2. The number of carbonyl (C=O) groups is 2. The highest BCUT2D eigenvalue weighted by Crippen LogP contribution is 2.37. The van der Waals surface area contributed by atoms with Crippen LogP contribution < -0.4 is 27.8 Å². The van der Waals surface area contributed by atoms with Gasteiger partial charge in [0.15, 0.2) is 0 Å². The van der Waals surface area contributed by atoms with Gasteiger partial charge in [0.05, 0.1) is 23.1 Å². The van der Waals surface area contributed by atoms with E-state index in [-0.39, 0.29) is 23.9 Å². The normalized spacial score (nSPS) is 17.5. The molecule has 1 saturated carbocycles. The smallest absolute Gasteiger partial charge is 0.270 e. The Morgan fingerprint density at radius 3 is 2.44 bits per heavy atom. The van der Waals surface area contributed by atoms with Crippen molar-refractivity contribution in [2.75, 3.05) is 11.1 Å². The number of carbonyl (C=O) groups excluding carboxylic acids is 2. The lowest BCUT2D eigenvalue weighted by Crippen LogP contribution is -2.33. The first-order valence-electron chi connectivity index (χ1n) is 12.1. The van der Waals surface area contributed by atoms with Gasteiger partial charge in [-0.2, -0.15) is 0 Å². The van der Waals surface area contributed by atoms with Gasteiger partial charge in [0, 0.05) is 42.2 Å². The lowest BCUT2D eigenvalue weighted by atomic mass is 9.83. The quantitative estimate of drug-likeness (QED) is 0.372. The molecular weight excluding hydrogens is 454 g/mol. The zero-order valence-corrected chi connectivity index (χ0v) is 19.8. The van der Waals surface area contributed by atoms with E-state index in [1.165, 1.54) is 6.20 Å². The van der Waals surface area contributed by atoms with Crippen molar-refractivity contribution in [1.29, 1.82) is 0 Å². The Hall–Kier alpha value is -4.24. The Morgan fingerprint density at radius 1 is 0.917 bits per heavy atom. The molecule has 1 fully saturated rings. The average Bonchev–Trinajstić information content (AvgIpc) is 3.37. The molecule has 8 N–H and O–H groups in total. The van der Waals surface area contributed by atoms with Crippen LogP contribution in [0.4, 0.5) is 11.4 Å². The van der Waals surface area contributed by atoms with E-state index < -0.39 is 0 Å². The maximum absolute atomic E-state index is 13.4. The maximum Gasteiger partial charge on any atom is 0.270 e. The van der Waals surface area contributed by atoms with E-state index >= 15 is 0 Å². The van der Waals surface area contributed by atoms with E-state index in [0.717, 1.165) is 42.4 Å². The molecule has 9 nitrogen and oxygen atoms in total. The average molecular weight is 484 g/mol. The van der Waals surface area contributed by atoms with Crippen molar-refractivity contribution in [3.63, 3.8) is 0 Å². The molecule has 184 valence electrons. The Morgan fingerprint density at radius 2 is 1.72 bits per heavy atom. The molecule has 36 heavy (non-hydrogen) atoms. The minimum atomic E-state index is -0.367. The third-order valence-electron chi connectivity index (χ3n) is 6.75. The molecule has 0 radical (unpaired) electrons. The molecule has 0 aliphatic heterocycles. The summed E-state index contributed by atoms with van der Waals surface area (Å²) >= 11 is 0. The third kappa shape index (κ3) is 4.78. The molecule has 0 bridgehead atoms. The summed E-state index contributed by atoms with van der Waals surface area (Å²) < 4.78 is 0. The van der Waals surface area contributed by atoms with Crippen LogP contribution in [0.2, 0.25) is 0 Å². The summed E-state index contributed by atoms with van der Waals surface area (Å²) in [7, 11) is 0. The van der Waals surface area contributed by atoms with Crippen molar-refractivity contribution in [2.45, 2.75) is 44.2 Å². The molecule has 1 aromatic carbocycles. The van der Waals surface area contributed by atoms with Crippen LogP contribution in [-0.4, -0.2) is 27.8 Å². The number of nitrogens with zero attached hydrogens (tertiary/aromatic N) is 2. The van der Waals surface area contributed by atoms with Crippen molar-refractivity contribution in [1.82, 2.24) is 15.3 Å². The number of rotatable bonds is 5. The number of fused-ring (bicyclic) bond motifs is 1. The van der Waals surface area contributed by atoms with Gasteiger partial charge >= 0.3 is 0 Å². The van der Waals surface area contributed by atoms with Crippen LogP contribution in [0.3, 0.4) is 0 Å². The van der Waals surface area contributed by atoms with Crippen LogP contribution in [0, 0.1) is 0 Å². The number of hydrogen-bond donors (Lipinski definition) is 5. The molecule has 2 aliphatic carbocycles. The number of pyridine rings is 2. The van der Waals surface area contributed by atoms with E-state index in [2.05, 4.69) is 20.6 Å². The maximum atomic E-state index is 13.4. The van der Waals surface area contributed by atoms with Crippen molar-refractivity contribution < 1.29 is 9.59 Å². The predicted molar refractivity (Wildman–Crippen MR) is 139 cm³/mol. The van der Waals surface area contributed by atoms with Gasteiger partial charge in [-0.15, -0.1) is 0 Å².